The maximum Gasteiger partial charge on any atom is 0.416 e. The van der Waals surface area contributed by atoms with Gasteiger partial charge in [0.1, 0.15) is 15.9 Å². The molecule has 130 valence electrons. The van der Waals surface area contributed by atoms with Gasteiger partial charge in [-0.25, -0.2) is 22.5 Å². The molecule has 0 amide bonds. The largest absolute Gasteiger partial charge is 0.416 e. The van der Waals surface area contributed by atoms with Crippen molar-refractivity contribution in [3.05, 3.63) is 57.0 Å². The summed E-state index contributed by atoms with van der Waals surface area (Å²) in [6.45, 7) is -0.524. The number of nitrogens with zero attached hydrogens (tertiary/aromatic N) is 1. The Labute approximate surface area is 148 Å². The van der Waals surface area contributed by atoms with Crippen molar-refractivity contribution in [2.45, 2.75) is 17.6 Å². The van der Waals surface area contributed by atoms with Gasteiger partial charge in [0.2, 0.25) is 10.0 Å². The van der Waals surface area contributed by atoms with E-state index in [1.165, 1.54) is 6.07 Å². The average Bonchev–Trinajstić information content (AvgIpc) is 2.46. The molecule has 11 heteroatoms. The Morgan fingerprint density at radius 1 is 1.21 bits per heavy atom. The van der Waals surface area contributed by atoms with Crippen LogP contribution < -0.4 is 4.72 Å². The highest BCUT2D eigenvalue weighted by molar-refractivity contribution is 9.10. The number of benzene rings is 1. The lowest BCUT2D eigenvalue weighted by molar-refractivity contribution is -0.137. The zero-order valence-electron chi connectivity index (χ0n) is 11.5. The molecule has 0 aliphatic rings. The minimum atomic E-state index is -4.74. The summed E-state index contributed by atoms with van der Waals surface area (Å²) < 4.78 is 77.7. The second-order valence-corrected chi connectivity index (χ2v) is 7.59. The number of alkyl halides is 3. The Balaban J connectivity index is 2.23. The van der Waals surface area contributed by atoms with Crippen LogP contribution in [-0.2, 0) is 22.7 Å². The van der Waals surface area contributed by atoms with Crippen molar-refractivity contribution >= 4 is 37.6 Å². The van der Waals surface area contributed by atoms with Crippen LogP contribution in [-0.4, -0.2) is 13.4 Å². The fraction of sp³-hybridized carbons (Fsp3) is 0.154. The fourth-order valence-electron chi connectivity index (χ4n) is 1.73. The molecule has 0 spiro atoms. The van der Waals surface area contributed by atoms with Crippen molar-refractivity contribution in [3.8, 4) is 0 Å². The number of hydrogen-bond donors (Lipinski definition) is 1. The van der Waals surface area contributed by atoms with Crippen LogP contribution >= 0.6 is 27.5 Å². The molecule has 1 N–H and O–H groups in total. The maximum atomic E-state index is 13.3. The Morgan fingerprint density at radius 3 is 2.46 bits per heavy atom. The van der Waals surface area contributed by atoms with Crippen LogP contribution in [0.1, 0.15) is 11.1 Å². The number of pyridine rings is 1. The van der Waals surface area contributed by atoms with Gasteiger partial charge < -0.3 is 0 Å². The van der Waals surface area contributed by atoms with E-state index < -0.39 is 34.1 Å². The number of halogens is 6. The topological polar surface area (TPSA) is 59.1 Å². The number of rotatable bonds is 4. The van der Waals surface area contributed by atoms with E-state index in [-0.39, 0.29) is 20.1 Å². The molecular formula is C13H8BrClF4N2O2S. The predicted molar refractivity (Wildman–Crippen MR) is 82.4 cm³/mol. The van der Waals surface area contributed by atoms with E-state index in [0.29, 0.717) is 12.1 Å². The predicted octanol–water partition coefficient (Wildman–Crippen LogP) is 4.13. The van der Waals surface area contributed by atoms with Gasteiger partial charge in [0.15, 0.2) is 0 Å². The molecule has 24 heavy (non-hydrogen) atoms. The first-order valence-corrected chi connectivity index (χ1v) is 8.82. The van der Waals surface area contributed by atoms with Gasteiger partial charge in [-0.3, -0.25) is 0 Å². The lowest BCUT2D eigenvalue weighted by Gasteiger charge is -2.11. The van der Waals surface area contributed by atoms with Gasteiger partial charge in [-0.05, 0) is 45.8 Å². The Kier molecular flexibility index (Phi) is 5.53. The zero-order valence-corrected chi connectivity index (χ0v) is 14.7. The molecule has 0 radical (unpaired) electrons. The molecule has 1 aromatic carbocycles. The summed E-state index contributed by atoms with van der Waals surface area (Å²) >= 11 is 8.67. The molecule has 0 saturated heterocycles. The summed E-state index contributed by atoms with van der Waals surface area (Å²) in [5.41, 5.74) is -1.38. The minimum Gasteiger partial charge on any atom is -0.242 e. The second-order valence-electron chi connectivity index (χ2n) is 4.61. The van der Waals surface area contributed by atoms with Gasteiger partial charge in [0.05, 0.1) is 10.0 Å². The average molecular weight is 448 g/mol. The number of aromatic nitrogens is 1. The highest BCUT2D eigenvalue weighted by atomic mass is 79.9. The number of nitrogens with one attached hydrogen (secondary N) is 1. The molecule has 0 saturated carbocycles. The molecule has 1 aromatic heterocycles. The van der Waals surface area contributed by atoms with Crippen molar-refractivity contribution in [1.82, 2.24) is 9.71 Å². The molecule has 0 unspecified atom stereocenters. The third-order valence-electron chi connectivity index (χ3n) is 2.83. The van der Waals surface area contributed by atoms with E-state index in [9.17, 15) is 26.0 Å². The molecule has 2 aromatic rings. The molecule has 1 heterocycles. The SMILES string of the molecule is O=S(=O)(NCc1cc(F)cc(C(F)(F)F)c1)c1cnc(Cl)c(Br)c1. The smallest absolute Gasteiger partial charge is 0.242 e. The summed E-state index contributed by atoms with van der Waals surface area (Å²) in [5, 5.41) is 0.0499. The lowest BCUT2D eigenvalue weighted by Crippen LogP contribution is -2.23. The van der Waals surface area contributed by atoms with Crippen LogP contribution in [0.3, 0.4) is 0 Å². The summed E-state index contributed by atoms with van der Waals surface area (Å²) in [6, 6.07) is 3.00. The molecule has 0 bridgehead atoms. The van der Waals surface area contributed by atoms with E-state index in [1.807, 2.05) is 0 Å². The van der Waals surface area contributed by atoms with Crippen molar-refractivity contribution < 1.29 is 26.0 Å². The minimum absolute atomic E-state index is 0.0499. The molecule has 0 aliphatic carbocycles. The quantitative estimate of drug-likeness (QED) is 0.566. The van der Waals surface area contributed by atoms with Gasteiger partial charge >= 0.3 is 6.18 Å². The van der Waals surface area contributed by atoms with Gasteiger partial charge in [-0.1, -0.05) is 11.6 Å². The van der Waals surface area contributed by atoms with Gasteiger partial charge in [0.25, 0.3) is 0 Å². The molecule has 0 atom stereocenters. The van der Waals surface area contributed by atoms with Crippen molar-refractivity contribution in [1.29, 1.82) is 0 Å². The first kappa shape index (κ1) is 19.1. The standard InChI is InChI=1S/C13H8BrClF4N2O2S/c14-11-4-10(6-20-12(11)15)24(22,23)21-5-7-1-8(13(17,18)19)3-9(16)2-7/h1-4,6,21H,5H2. The molecular weight excluding hydrogens is 440 g/mol. The summed E-state index contributed by atoms with van der Waals surface area (Å²) in [4.78, 5) is 3.41. The number of hydrogen-bond acceptors (Lipinski definition) is 3. The molecule has 2 rings (SSSR count). The molecule has 0 fully saturated rings. The third-order valence-corrected chi connectivity index (χ3v) is 5.33. The van der Waals surface area contributed by atoms with Crippen LogP contribution in [0.25, 0.3) is 0 Å². The van der Waals surface area contributed by atoms with E-state index in [2.05, 4.69) is 25.6 Å². The van der Waals surface area contributed by atoms with Crippen molar-refractivity contribution in [2.75, 3.05) is 0 Å². The fourth-order valence-corrected chi connectivity index (χ4v) is 3.32. The van der Waals surface area contributed by atoms with Crippen molar-refractivity contribution in [3.63, 3.8) is 0 Å². The highest BCUT2D eigenvalue weighted by Gasteiger charge is 2.31. The third kappa shape index (κ3) is 4.65. The summed E-state index contributed by atoms with van der Waals surface area (Å²) in [5.74, 6) is -1.12. The monoisotopic (exact) mass is 446 g/mol. The summed E-state index contributed by atoms with van der Waals surface area (Å²) in [7, 11) is -4.06. The van der Waals surface area contributed by atoms with Gasteiger partial charge in [-0.2, -0.15) is 13.2 Å². The normalized spacial score (nSPS) is 12.4. The highest BCUT2D eigenvalue weighted by Crippen LogP contribution is 2.30. The van der Waals surface area contributed by atoms with E-state index in [4.69, 9.17) is 11.6 Å². The molecule has 0 aliphatic heterocycles. The number of sulfonamides is 1. The first-order chi connectivity index (χ1) is 11.0. The Bertz CT molecular complexity index is 875. The van der Waals surface area contributed by atoms with Crippen LogP contribution in [0.2, 0.25) is 5.15 Å². The lowest BCUT2D eigenvalue weighted by atomic mass is 10.1. The Hall–Kier alpha value is -1.23. The van der Waals surface area contributed by atoms with Crippen LogP contribution in [0, 0.1) is 5.82 Å². The van der Waals surface area contributed by atoms with Gasteiger partial charge in [-0.15, -0.1) is 0 Å². The van der Waals surface area contributed by atoms with Crippen LogP contribution in [0.5, 0.6) is 0 Å². The van der Waals surface area contributed by atoms with E-state index >= 15 is 0 Å². The first-order valence-electron chi connectivity index (χ1n) is 6.16. The van der Waals surface area contributed by atoms with Crippen LogP contribution in [0.15, 0.2) is 39.8 Å². The maximum absolute atomic E-state index is 13.3. The second kappa shape index (κ2) is 6.95. The molecule has 4 nitrogen and oxygen atoms in total. The van der Waals surface area contributed by atoms with Gasteiger partial charge in [0, 0.05) is 12.7 Å². The van der Waals surface area contributed by atoms with E-state index in [1.54, 1.807) is 0 Å². The Morgan fingerprint density at radius 2 is 1.88 bits per heavy atom. The van der Waals surface area contributed by atoms with E-state index in [0.717, 1.165) is 12.3 Å². The van der Waals surface area contributed by atoms with Crippen LogP contribution in [0.4, 0.5) is 17.6 Å². The summed E-state index contributed by atoms with van der Waals surface area (Å²) in [6.07, 6.45) is -3.75. The zero-order chi connectivity index (χ0) is 18.1. The van der Waals surface area contributed by atoms with Crippen molar-refractivity contribution in [2.24, 2.45) is 0 Å².